The van der Waals surface area contributed by atoms with Gasteiger partial charge in [-0.25, -0.2) is 0 Å². The first-order chi connectivity index (χ1) is 9.54. The fraction of sp³-hybridized carbons (Fsp3) is 0.600. The van der Waals surface area contributed by atoms with E-state index >= 15 is 0 Å². The molecular formula is C15H24BNO3. The second-order valence-electron chi connectivity index (χ2n) is 6.00. The van der Waals surface area contributed by atoms with Gasteiger partial charge in [-0.05, 0) is 35.9 Å². The van der Waals surface area contributed by atoms with Gasteiger partial charge in [0.05, 0.1) is 0 Å². The highest BCUT2D eigenvalue weighted by Crippen LogP contribution is 2.20. The second kappa shape index (κ2) is 7.11. The normalized spacial score (nSPS) is 23.6. The molecule has 1 aromatic carbocycles. The molecule has 0 amide bonds. The van der Waals surface area contributed by atoms with Crippen molar-refractivity contribution in [1.29, 1.82) is 0 Å². The van der Waals surface area contributed by atoms with Crippen LogP contribution in [0.1, 0.15) is 20.3 Å². The van der Waals surface area contributed by atoms with Gasteiger partial charge in [0.1, 0.15) is 12.4 Å². The van der Waals surface area contributed by atoms with E-state index in [0.29, 0.717) is 17.8 Å². The molecule has 0 aliphatic carbocycles. The lowest BCUT2D eigenvalue weighted by atomic mass is 9.80. The van der Waals surface area contributed by atoms with Crippen LogP contribution < -0.4 is 10.2 Å². The van der Waals surface area contributed by atoms with Crippen molar-refractivity contribution in [3.05, 3.63) is 24.3 Å². The fourth-order valence-electron chi connectivity index (χ4n) is 3.03. The Kier molecular flexibility index (Phi) is 5.46. The summed E-state index contributed by atoms with van der Waals surface area (Å²) in [4.78, 5) is 2.45. The first-order valence-electron chi connectivity index (χ1n) is 7.36. The van der Waals surface area contributed by atoms with Crippen molar-refractivity contribution in [3.8, 4) is 5.75 Å². The van der Waals surface area contributed by atoms with Gasteiger partial charge in [-0.2, -0.15) is 0 Å². The van der Waals surface area contributed by atoms with E-state index in [1.165, 1.54) is 6.42 Å². The van der Waals surface area contributed by atoms with Gasteiger partial charge < -0.3 is 14.8 Å². The third-order valence-electron chi connectivity index (χ3n) is 3.78. The highest BCUT2D eigenvalue weighted by atomic mass is 16.5. The number of nitrogens with zero attached hydrogens (tertiary/aromatic N) is 1. The molecule has 4 nitrogen and oxygen atoms in total. The van der Waals surface area contributed by atoms with Crippen LogP contribution in [-0.4, -0.2) is 48.3 Å². The van der Waals surface area contributed by atoms with E-state index in [4.69, 9.17) is 14.8 Å². The Morgan fingerprint density at radius 3 is 2.60 bits per heavy atom. The van der Waals surface area contributed by atoms with Crippen molar-refractivity contribution in [2.75, 3.05) is 26.2 Å². The summed E-state index contributed by atoms with van der Waals surface area (Å²) in [7, 11) is -1.44. The number of benzene rings is 1. The summed E-state index contributed by atoms with van der Waals surface area (Å²) in [6.45, 7) is 8.43. The van der Waals surface area contributed by atoms with Crippen LogP contribution in [0.2, 0.25) is 0 Å². The predicted octanol–water partition coefficient (Wildman–Crippen LogP) is 0.723. The maximum atomic E-state index is 9.13. The molecule has 2 unspecified atom stereocenters. The Bertz CT molecular complexity index is 417. The lowest BCUT2D eigenvalue weighted by Gasteiger charge is -2.34. The molecule has 110 valence electrons. The zero-order valence-corrected chi connectivity index (χ0v) is 12.3. The zero-order chi connectivity index (χ0) is 14.5. The van der Waals surface area contributed by atoms with Gasteiger partial charge in [0.15, 0.2) is 0 Å². The summed E-state index contributed by atoms with van der Waals surface area (Å²) in [6.07, 6.45) is 1.31. The Morgan fingerprint density at radius 1 is 1.25 bits per heavy atom. The second-order valence-corrected chi connectivity index (χ2v) is 6.00. The predicted molar refractivity (Wildman–Crippen MR) is 81.1 cm³/mol. The molecule has 0 aromatic heterocycles. The topological polar surface area (TPSA) is 52.9 Å². The number of hydrogen-bond donors (Lipinski definition) is 2. The lowest BCUT2D eigenvalue weighted by Crippen LogP contribution is -2.40. The van der Waals surface area contributed by atoms with Gasteiger partial charge in [0.2, 0.25) is 0 Å². The summed E-state index contributed by atoms with van der Waals surface area (Å²) in [5.74, 6) is 2.20. The molecule has 0 bridgehead atoms. The SMILES string of the molecule is CC1CC(C)CN(CCOc2cccc(B(O)O)c2)C1. The molecule has 1 saturated heterocycles. The van der Waals surface area contributed by atoms with Crippen LogP contribution in [0.5, 0.6) is 5.75 Å². The van der Waals surface area contributed by atoms with Crippen LogP contribution in [0.3, 0.4) is 0 Å². The number of rotatable bonds is 5. The number of ether oxygens (including phenoxy) is 1. The molecule has 1 aromatic rings. The summed E-state index contributed by atoms with van der Waals surface area (Å²) in [6, 6.07) is 6.96. The van der Waals surface area contributed by atoms with Gasteiger partial charge in [0, 0.05) is 19.6 Å². The molecule has 1 aliphatic rings. The largest absolute Gasteiger partial charge is 0.492 e. The van der Waals surface area contributed by atoms with E-state index < -0.39 is 7.12 Å². The van der Waals surface area contributed by atoms with E-state index in [2.05, 4.69) is 18.7 Å². The molecule has 0 saturated carbocycles. The van der Waals surface area contributed by atoms with Gasteiger partial charge in [-0.15, -0.1) is 0 Å². The van der Waals surface area contributed by atoms with Crippen molar-refractivity contribution in [1.82, 2.24) is 4.90 Å². The molecule has 0 spiro atoms. The van der Waals surface area contributed by atoms with Crippen LogP contribution in [0.25, 0.3) is 0 Å². The van der Waals surface area contributed by atoms with Gasteiger partial charge in [-0.3, -0.25) is 4.90 Å². The van der Waals surface area contributed by atoms with E-state index in [1.54, 1.807) is 18.2 Å². The summed E-state index contributed by atoms with van der Waals surface area (Å²) >= 11 is 0. The average molecular weight is 277 g/mol. The number of hydrogen-bond acceptors (Lipinski definition) is 4. The van der Waals surface area contributed by atoms with Crippen LogP contribution in [0, 0.1) is 11.8 Å². The maximum absolute atomic E-state index is 9.13. The molecule has 0 radical (unpaired) electrons. The van der Waals surface area contributed by atoms with E-state index in [-0.39, 0.29) is 0 Å². The van der Waals surface area contributed by atoms with Crippen molar-refractivity contribution in [3.63, 3.8) is 0 Å². The van der Waals surface area contributed by atoms with Crippen molar-refractivity contribution >= 4 is 12.6 Å². The molecule has 1 aliphatic heterocycles. The number of likely N-dealkylation sites (tertiary alicyclic amines) is 1. The Hall–Kier alpha value is -1.04. The van der Waals surface area contributed by atoms with Gasteiger partial charge >= 0.3 is 7.12 Å². The first kappa shape index (κ1) is 15.4. The van der Waals surface area contributed by atoms with Crippen LogP contribution >= 0.6 is 0 Å². The highest BCUT2D eigenvalue weighted by molar-refractivity contribution is 6.58. The first-order valence-corrected chi connectivity index (χ1v) is 7.36. The molecule has 2 rings (SSSR count). The van der Waals surface area contributed by atoms with E-state index in [1.807, 2.05) is 6.07 Å². The minimum atomic E-state index is -1.44. The summed E-state index contributed by atoms with van der Waals surface area (Å²) < 4.78 is 5.71. The van der Waals surface area contributed by atoms with Crippen LogP contribution in [0.15, 0.2) is 24.3 Å². The molecule has 20 heavy (non-hydrogen) atoms. The molecular weight excluding hydrogens is 253 g/mol. The third-order valence-corrected chi connectivity index (χ3v) is 3.78. The number of piperidine rings is 1. The summed E-state index contributed by atoms with van der Waals surface area (Å²) in [5.41, 5.74) is 0.461. The lowest BCUT2D eigenvalue weighted by molar-refractivity contribution is 0.120. The fourth-order valence-corrected chi connectivity index (χ4v) is 3.03. The molecule has 1 fully saturated rings. The molecule has 5 heteroatoms. The molecule has 1 heterocycles. The van der Waals surface area contributed by atoms with Crippen molar-refractivity contribution in [2.24, 2.45) is 11.8 Å². The minimum absolute atomic E-state index is 0.461. The summed E-state index contributed by atoms with van der Waals surface area (Å²) in [5, 5.41) is 18.3. The van der Waals surface area contributed by atoms with E-state index in [9.17, 15) is 0 Å². The standard InChI is InChI=1S/C15H24BNO3/c1-12-8-13(2)11-17(10-12)6-7-20-15-5-3-4-14(9-15)16(18)19/h3-5,9,12-13,18-19H,6-8,10-11H2,1-2H3. The average Bonchev–Trinajstić information content (AvgIpc) is 2.38. The Labute approximate surface area is 121 Å². The Morgan fingerprint density at radius 2 is 1.95 bits per heavy atom. The van der Waals surface area contributed by atoms with Crippen LogP contribution in [0.4, 0.5) is 0 Å². The Balaban J connectivity index is 1.79. The minimum Gasteiger partial charge on any atom is -0.492 e. The highest BCUT2D eigenvalue weighted by Gasteiger charge is 2.21. The van der Waals surface area contributed by atoms with Crippen LogP contribution in [-0.2, 0) is 0 Å². The third kappa shape index (κ3) is 4.51. The van der Waals surface area contributed by atoms with Crippen molar-refractivity contribution in [2.45, 2.75) is 20.3 Å². The zero-order valence-electron chi connectivity index (χ0n) is 12.3. The van der Waals surface area contributed by atoms with Gasteiger partial charge in [-0.1, -0.05) is 26.0 Å². The smallest absolute Gasteiger partial charge is 0.488 e. The molecule has 2 atom stereocenters. The quantitative estimate of drug-likeness (QED) is 0.779. The van der Waals surface area contributed by atoms with Crippen molar-refractivity contribution < 1.29 is 14.8 Å². The van der Waals surface area contributed by atoms with E-state index in [0.717, 1.165) is 31.5 Å². The monoisotopic (exact) mass is 277 g/mol. The molecule has 2 N–H and O–H groups in total. The van der Waals surface area contributed by atoms with Gasteiger partial charge in [0.25, 0.3) is 0 Å². The maximum Gasteiger partial charge on any atom is 0.488 e.